The van der Waals surface area contributed by atoms with Crippen molar-refractivity contribution >= 4 is 5.71 Å². The smallest absolute Gasteiger partial charge is 0.0701 e. The van der Waals surface area contributed by atoms with Gasteiger partial charge in [-0.3, -0.25) is 4.99 Å². The van der Waals surface area contributed by atoms with Gasteiger partial charge >= 0.3 is 0 Å². The van der Waals surface area contributed by atoms with Gasteiger partial charge in [0, 0.05) is 5.70 Å². The molecule has 1 rings (SSSR count). The number of nitrogens with zero attached hydrogens (tertiary/aromatic N) is 1. The summed E-state index contributed by atoms with van der Waals surface area (Å²) < 4.78 is 0. The van der Waals surface area contributed by atoms with Gasteiger partial charge in [0.25, 0.3) is 0 Å². The Morgan fingerprint density at radius 3 is 2.71 bits per heavy atom. The van der Waals surface area contributed by atoms with Crippen LogP contribution in [0.5, 0.6) is 0 Å². The molecular weight excluding hydrogens is 170 g/mol. The molecule has 74 valence electrons. The van der Waals surface area contributed by atoms with E-state index in [1.165, 1.54) is 5.57 Å². The second kappa shape index (κ2) is 5.38. The van der Waals surface area contributed by atoms with Crippen molar-refractivity contribution in [1.29, 1.82) is 0 Å². The van der Waals surface area contributed by atoms with Crippen LogP contribution in [0.25, 0.3) is 0 Å². The maximum absolute atomic E-state index is 4.47. The van der Waals surface area contributed by atoms with Crippen molar-refractivity contribution in [1.82, 2.24) is 0 Å². The van der Waals surface area contributed by atoms with Crippen LogP contribution in [0.2, 0.25) is 0 Å². The van der Waals surface area contributed by atoms with Crippen LogP contribution in [0.1, 0.15) is 26.7 Å². The van der Waals surface area contributed by atoms with Gasteiger partial charge in [-0.2, -0.15) is 0 Å². The Hall–Kier alpha value is -1.37. The summed E-state index contributed by atoms with van der Waals surface area (Å²) in [6.07, 6.45) is 12.3. The quantitative estimate of drug-likeness (QED) is 0.637. The van der Waals surface area contributed by atoms with Gasteiger partial charge < -0.3 is 0 Å². The highest BCUT2D eigenvalue weighted by Gasteiger charge is 2.02. The van der Waals surface area contributed by atoms with Gasteiger partial charge in [0.2, 0.25) is 0 Å². The lowest BCUT2D eigenvalue weighted by Crippen LogP contribution is -2.00. The van der Waals surface area contributed by atoms with E-state index in [1.807, 2.05) is 18.2 Å². The number of aliphatic imine (C=N–C) groups is 1. The molecule has 1 nitrogen and oxygen atoms in total. The first-order valence-electron chi connectivity index (χ1n) is 5.09. The fourth-order valence-corrected chi connectivity index (χ4v) is 1.23. The molecule has 0 aliphatic heterocycles. The highest BCUT2D eigenvalue weighted by Crippen LogP contribution is 2.12. The molecular formula is C13H17N. The lowest BCUT2D eigenvalue weighted by atomic mass is 10.0. The van der Waals surface area contributed by atoms with Crippen LogP contribution < -0.4 is 0 Å². The van der Waals surface area contributed by atoms with Gasteiger partial charge in [-0.25, -0.2) is 0 Å². The van der Waals surface area contributed by atoms with Crippen LogP contribution in [0, 0.1) is 0 Å². The molecule has 0 amide bonds. The van der Waals surface area contributed by atoms with E-state index in [0.717, 1.165) is 24.3 Å². The van der Waals surface area contributed by atoms with E-state index in [-0.39, 0.29) is 0 Å². The van der Waals surface area contributed by atoms with E-state index < -0.39 is 0 Å². The zero-order valence-electron chi connectivity index (χ0n) is 8.96. The third-order valence-corrected chi connectivity index (χ3v) is 2.05. The van der Waals surface area contributed by atoms with Crippen molar-refractivity contribution in [3.63, 3.8) is 0 Å². The first-order chi connectivity index (χ1) is 6.77. The maximum atomic E-state index is 4.47. The van der Waals surface area contributed by atoms with Crippen LogP contribution in [-0.2, 0) is 0 Å². The second-order valence-electron chi connectivity index (χ2n) is 3.20. The Bertz CT molecular complexity index is 327. The Balaban J connectivity index is 2.91. The second-order valence-corrected chi connectivity index (χ2v) is 3.20. The van der Waals surface area contributed by atoms with E-state index >= 15 is 0 Å². The summed E-state index contributed by atoms with van der Waals surface area (Å²) >= 11 is 0. The topological polar surface area (TPSA) is 12.4 Å². The summed E-state index contributed by atoms with van der Waals surface area (Å²) in [6.45, 7) is 8.09. The standard InChI is InChI=1S/C13H17N/c1-4-8-12-9-6-7-10-13(12)14-11(3)5-2/h6-10H,3-5H2,1-2H3/b12-8-,14-13?. The highest BCUT2D eigenvalue weighted by molar-refractivity contribution is 6.11. The van der Waals surface area contributed by atoms with Gasteiger partial charge in [0.15, 0.2) is 0 Å². The average molecular weight is 187 g/mol. The van der Waals surface area contributed by atoms with Crippen LogP contribution in [0.4, 0.5) is 0 Å². The lowest BCUT2D eigenvalue weighted by molar-refractivity contribution is 1.08. The molecule has 0 N–H and O–H groups in total. The predicted molar refractivity (Wildman–Crippen MR) is 63.5 cm³/mol. The zero-order valence-corrected chi connectivity index (χ0v) is 8.96. The Morgan fingerprint density at radius 2 is 2.07 bits per heavy atom. The maximum Gasteiger partial charge on any atom is 0.0701 e. The minimum absolute atomic E-state index is 0.903. The van der Waals surface area contributed by atoms with Crippen molar-refractivity contribution in [2.24, 2.45) is 4.99 Å². The average Bonchev–Trinajstić information content (AvgIpc) is 2.21. The summed E-state index contributed by atoms with van der Waals surface area (Å²) in [5.41, 5.74) is 3.16. The number of hydrogen-bond acceptors (Lipinski definition) is 1. The van der Waals surface area contributed by atoms with Crippen molar-refractivity contribution < 1.29 is 0 Å². The molecule has 0 radical (unpaired) electrons. The monoisotopic (exact) mass is 187 g/mol. The molecule has 0 aromatic carbocycles. The molecule has 0 unspecified atom stereocenters. The molecule has 0 bridgehead atoms. The molecule has 1 aliphatic carbocycles. The molecule has 0 fully saturated rings. The van der Waals surface area contributed by atoms with Gasteiger partial charge in [0.05, 0.1) is 5.71 Å². The van der Waals surface area contributed by atoms with E-state index in [4.69, 9.17) is 0 Å². The SMILES string of the molecule is C=C(CC)N=C1C=CC=C/C1=C/CC. The van der Waals surface area contributed by atoms with Gasteiger partial charge in [-0.05, 0) is 24.5 Å². The Morgan fingerprint density at radius 1 is 1.36 bits per heavy atom. The molecule has 1 heteroatoms. The van der Waals surface area contributed by atoms with Crippen molar-refractivity contribution in [2.45, 2.75) is 26.7 Å². The third-order valence-electron chi connectivity index (χ3n) is 2.05. The number of hydrogen-bond donors (Lipinski definition) is 0. The lowest BCUT2D eigenvalue weighted by Gasteiger charge is -2.06. The van der Waals surface area contributed by atoms with Crippen molar-refractivity contribution in [3.8, 4) is 0 Å². The van der Waals surface area contributed by atoms with Gasteiger partial charge in [-0.15, -0.1) is 0 Å². The molecule has 14 heavy (non-hydrogen) atoms. The summed E-state index contributed by atoms with van der Waals surface area (Å²) in [6, 6.07) is 0. The normalized spacial score (nSPS) is 20.7. The molecule has 0 spiro atoms. The zero-order chi connectivity index (χ0) is 10.4. The van der Waals surface area contributed by atoms with Crippen LogP contribution in [0.3, 0.4) is 0 Å². The first-order valence-corrected chi connectivity index (χ1v) is 5.09. The van der Waals surface area contributed by atoms with Crippen LogP contribution >= 0.6 is 0 Å². The highest BCUT2D eigenvalue weighted by atomic mass is 14.7. The molecule has 0 saturated heterocycles. The Kier molecular flexibility index (Phi) is 4.11. The molecule has 0 atom stereocenters. The number of rotatable bonds is 3. The Labute approximate surface area is 86.2 Å². The van der Waals surface area contributed by atoms with Crippen molar-refractivity contribution in [3.05, 3.63) is 48.2 Å². The van der Waals surface area contributed by atoms with E-state index in [9.17, 15) is 0 Å². The van der Waals surface area contributed by atoms with E-state index in [1.54, 1.807) is 0 Å². The minimum Gasteiger partial charge on any atom is -0.253 e. The van der Waals surface area contributed by atoms with Crippen molar-refractivity contribution in [2.75, 3.05) is 0 Å². The fourth-order valence-electron chi connectivity index (χ4n) is 1.23. The third kappa shape index (κ3) is 2.84. The van der Waals surface area contributed by atoms with E-state index in [0.29, 0.717) is 0 Å². The molecule has 0 heterocycles. The minimum atomic E-state index is 0.903. The van der Waals surface area contributed by atoms with E-state index in [2.05, 4.69) is 37.6 Å². The van der Waals surface area contributed by atoms with Crippen LogP contribution in [0.15, 0.2) is 53.2 Å². The first kappa shape index (κ1) is 10.7. The summed E-state index contributed by atoms with van der Waals surface area (Å²) in [5.74, 6) is 0. The van der Waals surface area contributed by atoms with Gasteiger partial charge in [-0.1, -0.05) is 44.7 Å². The molecule has 0 saturated carbocycles. The van der Waals surface area contributed by atoms with Gasteiger partial charge in [0.1, 0.15) is 0 Å². The summed E-state index contributed by atoms with van der Waals surface area (Å²) in [5, 5.41) is 0. The largest absolute Gasteiger partial charge is 0.253 e. The summed E-state index contributed by atoms with van der Waals surface area (Å²) in [7, 11) is 0. The molecule has 1 aliphatic rings. The van der Waals surface area contributed by atoms with Crippen LogP contribution in [-0.4, -0.2) is 5.71 Å². The summed E-state index contributed by atoms with van der Waals surface area (Å²) in [4.78, 5) is 4.47. The predicted octanol–water partition coefficient (Wildman–Crippen LogP) is 3.81. The molecule has 0 aromatic heterocycles. The molecule has 0 aromatic rings. The fraction of sp³-hybridized carbons (Fsp3) is 0.308. The number of allylic oxidation sites excluding steroid dienone is 7.